The van der Waals surface area contributed by atoms with Gasteiger partial charge in [0.15, 0.2) is 5.16 Å². The van der Waals surface area contributed by atoms with Crippen LogP contribution >= 0.6 is 23.5 Å². The summed E-state index contributed by atoms with van der Waals surface area (Å²) < 4.78 is 0. The van der Waals surface area contributed by atoms with Gasteiger partial charge in [-0.3, -0.25) is 0 Å². The molecule has 0 atom stereocenters. The zero-order valence-corrected chi connectivity index (χ0v) is 11.6. The molecule has 0 unspecified atom stereocenters. The smallest absolute Gasteiger partial charge is 0.190 e. The average molecular weight is 270 g/mol. The molecule has 0 aromatic carbocycles. The molecule has 1 aliphatic rings. The fourth-order valence-electron chi connectivity index (χ4n) is 1.98. The summed E-state index contributed by atoms with van der Waals surface area (Å²) >= 11 is 3.41. The van der Waals surface area contributed by atoms with Crippen molar-refractivity contribution in [2.24, 2.45) is 5.84 Å². The number of nitrogens with zero attached hydrogens (tertiary/aromatic N) is 2. The number of hydrazine groups is 1. The van der Waals surface area contributed by atoms with E-state index in [0.29, 0.717) is 11.1 Å². The van der Waals surface area contributed by atoms with Crippen LogP contribution in [-0.2, 0) is 0 Å². The Bertz CT molecular complexity index is 344. The molecule has 2 rings (SSSR count). The van der Waals surface area contributed by atoms with E-state index in [1.807, 2.05) is 24.1 Å². The second-order valence-corrected chi connectivity index (χ2v) is 6.19. The maximum absolute atomic E-state index is 5.42. The summed E-state index contributed by atoms with van der Waals surface area (Å²) in [5.41, 5.74) is 2.60. The van der Waals surface area contributed by atoms with Crippen LogP contribution in [-0.4, -0.2) is 21.5 Å². The van der Waals surface area contributed by atoms with Gasteiger partial charge in [-0.25, -0.2) is 15.8 Å². The number of aromatic nitrogens is 2. The molecule has 1 aromatic heterocycles. The molecule has 1 heterocycles. The van der Waals surface area contributed by atoms with Gasteiger partial charge in [-0.2, -0.15) is 0 Å². The lowest BCUT2D eigenvalue weighted by atomic mass is 10.0. The monoisotopic (exact) mass is 270 g/mol. The van der Waals surface area contributed by atoms with E-state index >= 15 is 0 Å². The number of hydrogen-bond donors (Lipinski definition) is 2. The molecule has 0 radical (unpaired) electrons. The van der Waals surface area contributed by atoms with Crippen LogP contribution in [0.4, 0.5) is 5.82 Å². The first kappa shape index (κ1) is 13.0. The summed E-state index contributed by atoms with van der Waals surface area (Å²) in [6, 6.07) is 1.93. The third-order valence-corrected chi connectivity index (χ3v) is 4.66. The highest BCUT2D eigenvalue weighted by molar-refractivity contribution is 8.00. The van der Waals surface area contributed by atoms with Crippen molar-refractivity contribution in [3.8, 4) is 0 Å². The first-order valence-corrected chi connectivity index (χ1v) is 7.98. The normalized spacial score (nSPS) is 17.1. The van der Waals surface area contributed by atoms with Crippen molar-refractivity contribution in [1.29, 1.82) is 0 Å². The fraction of sp³-hybridized carbons (Fsp3) is 0.636. The van der Waals surface area contributed by atoms with Gasteiger partial charge in [0.2, 0.25) is 0 Å². The lowest BCUT2D eigenvalue weighted by Crippen LogP contribution is -2.11. The van der Waals surface area contributed by atoms with Crippen LogP contribution < -0.4 is 11.3 Å². The molecule has 1 aliphatic carbocycles. The molecule has 1 saturated carbocycles. The Balaban J connectivity index is 2.07. The molecule has 0 spiro atoms. The molecular formula is C11H18N4S2. The van der Waals surface area contributed by atoms with Gasteiger partial charge in [0.1, 0.15) is 10.8 Å². The summed E-state index contributed by atoms with van der Waals surface area (Å²) in [6.45, 7) is 0. The Kier molecular flexibility index (Phi) is 4.94. The number of anilines is 1. The standard InChI is InChI=1S/C11H18N4S2/c1-16-11-13-9(15-12)7-10(14-11)17-8-5-3-2-4-6-8/h7-8H,2-6,12H2,1H3,(H,13,14,15). The van der Waals surface area contributed by atoms with E-state index < -0.39 is 0 Å². The predicted octanol–water partition coefficient (Wildman–Crippen LogP) is 2.91. The van der Waals surface area contributed by atoms with E-state index in [-0.39, 0.29) is 0 Å². The van der Waals surface area contributed by atoms with Crippen molar-refractivity contribution >= 4 is 29.3 Å². The van der Waals surface area contributed by atoms with Crippen LogP contribution in [0.25, 0.3) is 0 Å². The SMILES string of the molecule is CSc1nc(NN)cc(SC2CCCCC2)n1. The summed E-state index contributed by atoms with van der Waals surface area (Å²) in [4.78, 5) is 8.78. The van der Waals surface area contributed by atoms with Crippen molar-refractivity contribution < 1.29 is 0 Å². The van der Waals surface area contributed by atoms with Crippen LogP contribution in [0.5, 0.6) is 0 Å². The van der Waals surface area contributed by atoms with Gasteiger partial charge in [0.25, 0.3) is 0 Å². The summed E-state index contributed by atoms with van der Waals surface area (Å²) in [5, 5.41) is 2.52. The second-order valence-electron chi connectivity index (χ2n) is 4.10. The third kappa shape index (κ3) is 3.76. The molecule has 0 amide bonds. The maximum Gasteiger partial charge on any atom is 0.190 e. The Morgan fingerprint density at radius 1 is 1.29 bits per heavy atom. The lowest BCUT2D eigenvalue weighted by Gasteiger charge is -2.20. The molecule has 6 heteroatoms. The van der Waals surface area contributed by atoms with Crippen molar-refractivity contribution in [3.05, 3.63) is 6.07 Å². The highest BCUT2D eigenvalue weighted by atomic mass is 32.2. The van der Waals surface area contributed by atoms with Crippen LogP contribution in [0.2, 0.25) is 0 Å². The number of nitrogens with two attached hydrogens (primary N) is 1. The predicted molar refractivity (Wildman–Crippen MR) is 74.4 cm³/mol. The minimum Gasteiger partial charge on any atom is -0.308 e. The minimum absolute atomic E-state index is 0.697. The number of thioether (sulfide) groups is 2. The zero-order chi connectivity index (χ0) is 12.1. The fourth-order valence-corrected chi connectivity index (χ4v) is 3.65. The Hall–Kier alpha value is -0.460. The second kappa shape index (κ2) is 6.47. The van der Waals surface area contributed by atoms with Crippen molar-refractivity contribution in [3.63, 3.8) is 0 Å². The Morgan fingerprint density at radius 2 is 2.06 bits per heavy atom. The summed E-state index contributed by atoms with van der Waals surface area (Å²) in [5.74, 6) is 6.11. The highest BCUT2D eigenvalue weighted by Crippen LogP contribution is 2.33. The highest BCUT2D eigenvalue weighted by Gasteiger charge is 2.16. The van der Waals surface area contributed by atoms with E-state index in [4.69, 9.17) is 5.84 Å². The van der Waals surface area contributed by atoms with Gasteiger partial charge >= 0.3 is 0 Å². The average Bonchev–Trinajstić information content (AvgIpc) is 2.39. The quantitative estimate of drug-likeness (QED) is 0.288. The zero-order valence-electron chi connectivity index (χ0n) is 9.98. The Morgan fingerprint density at radius 3 is 2.71 bits per heavy atom. The minimum atomic E-state index is 0.697. The van der Waals surface area contributed by atoms with Gasteiger partial charge in [0.05, 0.1) is 0 Å². The van der Waals surface area contributed by atoms with Gasteiger partial charge in [-0.15, -0.1) is 11.8 Å². The molecule has 94 valence electrons. The number of nitrogen functional groups attached to an aromatic ring is 1. The van der Waals surface area contributed by atoms with Gasteiger partial charge in [-0.05, 0) is 19.1 Å². The molecule has 0 aliphatic heterocycles. The maximum atomic E-state index is 5.42. The number of rotatable bonds is 4. The van der Waals surface area contributed by atoms with Crippen LogP contribution in [0.1, 0.15) is 32.1 Å². The van der Waals surface area contributed by atoms with Crippen LogP contribution in [0.15, 0.2) is 16.2 Å². The molecule has 1 aromatic rings. The van der Waals surface area contributed by atoms with E-state index in [9.17, 15) is 0 Å². The van der Waals surface area contributed by atoms with Crippen LogP contribution in [0, 0.1) is 0 Å². The Labute approximate surface area is 111 Å². The first-order chi connectivity index (χ1) is 8.31. The van der Waals surface area contributed by atoms with E-state index in [1.54, 1.807) is 11.8 Å². The van der Waals surface area contributed by atoms with E-state index in [2.05, 4.69) is 15.4 Å². The van der Waals surface area contributed by atoms with Crippen molar-refractivity contribution in [1.82, 2.24) is 9.97 Å². The molecule has 4 nitrogen and oxygen atoms in total. The number of nitrogens with one attached hydrogen (secondary N) is 1. The first-order valence-electron chi connectivity index (χ1n) is 5.88. The molecule has 3 N–H and O–H groups in total. The van der Waals surface area contributed by atoms with Gasteiger partial charge in [-0.1, -0.05) is 31.0 Å². The number of hydrogen-bond acceptors (Lipinski definition) is 6. The summed E-state index contributed by atoms with van der Waals surface area (Å²) in [6.07, 6.45) is 8.65. The topological polar surface area (TPSA) is 63.8 Å². The summed E-state index contributed by atoms with van der Waals surface area (Å²) in [7, 11) is 0. The molecule has 1 fully saturated rings. The van der Waals surface area contributed by atoms with E-state index in [0.717, 1.165) is 10.2 Å². The lowest BCUT2D eigenvalue weighted by molar-refractivity contribution is 0.515. The third-order valence-electron chi connectivity index (χ3n) is 2.85. The van der Waals surface area contributed by atoms with Crippen molar-refractivity contribution in [2.75, 3.05) is 11.7 Å². The largest absolute Gasteiger partial charge is 0.308 e. The molecular weight excluding hydrogens is 252 g/mol. The molecule has 17 heavy (non-hydrogen) atoms. The van der Waals surface area contributed by atoms with Crippen molar-refractivity contribution in [2.45, 2.75) is 47.5 Å². The molecule has 0 bridgehead atoms. The van der Waals surface area contributed by atoms with Gasteiger partial charge < -0.3 is 5.43 Å². The molecule has 0 saturated heterocycles. The van der Waals surface area contributed by atoms with Crippen LogP contribution in [0.3, 0.4) is 0 Å². The van der Waals surface area contributed by atoms with E-state index in [1.165, 1.54) is 32.1 Å². The van der Waals surface area contributed by atoms with Gasteiger partial charge in [0, 0.05) is 11.3 Å².